The minimum absolute atomic E-state index is 0.262. The van der Waals surface area contributed by atoms with Crippen molar-refractivity contribution < 1.29 is 4.79 Å². The Morgan fingerprint density at radius 1 is 1.04 bits per heavy atom. The molecule has 2 aromatic heterocycles. The number of rotatable bonds is 5. The number of aromatic nitrogens is 2. The van der Waals surface area contributed by atoms with Gasteiger partial charge in [0.05, 0.1) is 16.9 Å². The van der Waals surface area contributed by atoms with Crippen LogP contribution >= 0.6 is 11.3 Å². The van der Waals surface area contributed by atoms with Gasteiger partial charge < -0.3 is 15.5 Å². The molecule has 1 fully saturated rings. The maximum Gasteiger partial charge on any atom is 0.324 e. The summed E-state index contributed by atoms with van der Waals surface area (Å²) in [6, 6.07) is 13.0. The van der Waals surface area contributed by atoms with Gasteiger partial charge in [-0.05, 0) is 54.6 Å². The monoisotopic (exact) mass is 380 g/mol. The van der Waals surface area contributed by atoms with E-state index in [0.29, 0.717) is 11.5 Å². The summed E-state index contributed by atoms with van der Waals surface area (Å²) in [7, 11) is 0. The van der Waals surface area contributed by atoms with E-state index in [0.717, 1.165) is 29.5 Å². The Bertz CT molecular complexity index is 891. The largest absolute Gasteiger partial charge is 0.370 e. The van der Waals surface area contributed by atoms with Crippen LogP contribution in [0.4, 0.5) is 32.7 Å². The van der Waals surface area contributed by atoms with Crippen molar-refractivity contribution in [2.24, 2.45) is 0 Å². The zero-order valence-corrected chi connectivity index (χ0v) is 15.5. The third-order valence-corrected chi connectivity index (χ3v) is 5.07. The van der Waals surface area contributed by atoms with E-state index < -0.39 is 0 Å². The first-order valence-corrected chi connectivity index (χ1v) is 9.70. The van der Waals surface area contributed by atoms with E-state index in [2.05, 4.69) is 31.0 Å². The summed E-state index contributed by atoms with van der Waals surface area (Å²) in [5.74, 6) is 0.704. The summed E-state index contributed by atoms with van der Waals surface area (Å²) in [4.78, 5) is 14.3. The third kappa shape index (κ3) is 4.53. The van der Waals surface area contributed by atoms with E-state index in [9.17, 15) is 4.79 Å². The van der Waals surface area contributed by atoms with Gasteiger partial charge in [-0.1, -0.05) is 0 Å². The molecule has 4 rings (SSSR count). The summed E-state index contributed by atoms with van der Waals surface area (Å²) < 4.78 is 0. The molecule has 1 aliphatic rings. The first kappa shape index (κ1) is 17.3. The molecule has 0 unspecified atom stereocenters. The maximum absolute atomic E-state index is 12.0. The predicted molar refractivity (Wildman–Crippen MR) is 110 cm³/mol. The lowest BCUT2D eigenvalue weighted by atomic mass is 10.2. The second-order valence-electron chi connectivity index (χ2n) is 6.25. The smallest absolute Gasteiger partial charge is 0.324 e. The van der Waals surface area contributed by atoms with E-state index in [1.54, 1.807) is 6.20 Å². The van der Waals surface area contributed by atoms with Gasteiger partial charge in [-0.25, -0.2) is 4.79 Å². The number of amides is 2. The van der Waals surface area contributed by atoms with E-state index in [-0.39, 0.29) is 6.03 Å². The molecule has 3 heterocycles. The maximum atomic E-state index is 12.0. The molecule has 138 valence electrons. The van der Waals surface area contributed by atoms with Crippen molar-refractivity contribution in [2.75, 3.05) is 33.9 Å². The van der Waals surface area contributed by atoms with Crippen LogP contribution in [0, 0.1) is 0 Å². The molecule has 1 aliphatic heterocycles. The van der Waals surface area contributed by atoms with Gasteiger partial charge in [0, 0.05) is 30.5 Å². The summed E-state index contributed by atoms with van der Waals surface area (Å²) >= 11 is 1.48. The molecule has 8 heteroatoms. The van der Waals surface area contributed by atoms with Gasteiger partial charge >= 0.3 is 6.03 Å². The van der Waals surface area contributed by atoms with Gasteiger partial charge in [0.1, 0.15) is 0 Å². The van der Waals surface area contributed by atoms with Gasteiger partial charge in [-0.2, -0.15) is 5.10 Å². The number of hydrogen-bond acceptors (Lipinski definition) is 6. The van der Waals surface area contributed by atoms with Gasteiger partial charge in [-0.15, -0.1) is 16.4 Å². The first-order chi connectivity index (χ1) is 13.3. The van der Waals surface area contributed by atoms with Crippen LogP contribution in [-0.4, -0.2) is 29.3 Å². The highest BCUT2D eigenvalue weighted by atomic mass is 32.1. The minimum Gasteiger partial charge on any atom is -0.370 e. The second kappa shape index (κ2) is 8.05. The molecule has 7 nitrogen and oxygen atoms in total. The fraction of sp³-hybridized carbons (Fsp3) is 0.211. The predicted octanol–water partition coefficient (Wildman–Crippen LogP) is 4.53. The van der Waals surface area contributed by atoms with Crippen molar-refractivity contribution in [3.05, 3.63) is 54.0 Å². The van der Waals surface area contributed by atoms with E-state index in [4.69, 9.17) is 0 Å². The second-order valence-corrected chi connectivity index (χ2v) is 7.20. The molecule has 0 atom stereocenters. The molecule has 0 aliphatic carbocycles. The minimum atomic E-state index is -0.262. The van der Waals surface area contributed by atoms with Crippen LogP contribution in [0.3, 0.4) is 0 Å². The van der Waals surface area contributed by atoms with Crippen LogP contribution in [0.5, 0.6) is 0 Å². The molecule has 0 bridgehead atoms. The zero-order valence-electron chi connectivity index (χ0n) is 14.7. The van der Waals surface area contributed by atoms with Crippen molar-refractivity contribution in [1.29, 1.82) is 0 Å². The van der Waals surface area contributed by atoms with Gasteiger partial charge in [-0.3, -0.25) is 5.32 Å². The average Bonchev–Trinajstić information content (AvgIpc) is 3.37. The lowest BCUT2D eigenvalue weighted by Gasteiger charge is -2.17. The molecule has 0 spiro atoms. The molecule has 3 N–H and O–H groups in total. The lowest BCUT2D eigenvalue weighted by molar-refractivity contribution is 0.262. The number of nitrogens with one attached hydrogen (secondary N) is 3. The number of nitrogens with zero attached hydrogens (tertiary/aromatic N) is 3. The summed E-state index contributed by atoms with van der Waals surface area (Å²) in [5, 5.41) is 19.8. The molecule has 0 saturated carbocycles. The van der Waals surface area contributed by atoms with Gasteiger partial charge in [0.15, 0.2) is 5.82 Å². The molecule has 1 saturated heterocycles. The first-order valence-electron chi connectivity index (χ1n) is 8.82. The third-order valence-electron chi connectivity index (χ3n) is 4.28. The number of anilines is 5. The highest BCUT2D eigenvalue weighted by Gasteiger charge is 2.13. The van der Waals surface area contributed by atoms with Crippen LogP contribution in [0.15, 0.2) is 54.0 Å². The van der Waals surface area contributed by atoms with Gasteiger partial charge in [0.25, 0.3) is 0 Å². The average molecular weight is 380 g/mol. The number of thiophene rings is 1. The van der Waals surface area contributed by atoms with Crippen LogP contribution < -0.4 is 20.9 Å². The topological polar surface area (TPSA) is 82.2 Å². The van der Waals surface area contributed by atoms with Crippen molar-refractivity contribution in [1.82, 2.24) is 10.2 Å². The van der Waals surface area contributed by atoms with Crippen LogP contribution in [0.2, 0.25) is 0 Å². The fourth-order valence-electron chi connectivity index (χ4n) is 2.97. The Hall–Kier alpha value is -3.13. The Balaban J connectivity index is 1.36. The summed E-state index contributed by atoms with van der Waals surface area (Å²) in [5.41, 5.74) is 2.69. The highest BCUT2D eigenvalue weighted by Crippen LogP contribution is 2.23. The summed E-state index contributed by atoms with van der Waals surface area (Å²) in [6.45, 7) is 2.14. The number of benzene rings is 1. The SMILES string of the molecule is O=C(Nc1ccc(Nc2cc(N3CCCC3)cnn2)cc1)Nc1cccs1. The van der Waals surface area contributed by atoms with E-state index in [1.807, 2.05) is 47.8 Å². The molecule has 0 radical (unpaired) electrons. The van der Waals surface area contributed by atoms with Crippen molar-refractivity contribution in [3.63, 3.8) is 0 Å². The molecular formula is C19H20N6OS. The molecular weight excluding hydrogens is 360 g/mol. The summed E-state index contributed by atoms with van der Waals surface area (Å²) in [6.07, 6.45) is 4.24. The standard InChI is InChI=1S/C19H20N6OS/c26-19(23-18-4-3-11-27-18)22-15-7-5-14(6-8-15)21-17-12-16(13-20-24-17)25-9-1-2-10-25/h3-8,11-13H,1-2,9-10H2,(H,21,24)(H2,22,23,26). The number of urea groups is 1. The van der Waals surface area contributed by atoms with Crippen LogP contribution in [0.1, 0.15) is 12.8 Å². The molecule has 1 aromatic carbocycles. The van der Waals surface area contributed by atoms with Crippen LogP contribution in [0.25, 0.3) is 0 Å². The van der Waals surface area contributed by atoms with Crippen LogP contribution in [-0.2, 0) is 0 Å². The highest BCUT2D eigenvalue weighted by molar-refractivity contribution is 7.14. The molecule has 27 heavy (non-hydrogen) atoms. The quantitative estimate of drug-likeness (QED) is 0.606. The fourth-order valence-corrected chi connectivity index (χ4v) is 3.59. The zero-order chi connectivity index (χ0) is 18.5. The Morgan fingerprint density at radius 3 is 2.56 bits per heavy atom. The Morgan fingerprint density at radius 2 is 1.81 bits per heavy atom. The molecule has 2 amide bonds. The lowest BCUT2D eigenvalue weighted by Crippen LogP contribution is -2.18. The van der Waals surface area contributed by atoms with E-state index >= 15 is 0 Å². The van der Waals surface area contributed by atoms with Crippen molar-refractivity contribution >= 4 is 45.2 Å². The van der Waals surface area contributed by atoms with Crippen molar-refractivity contribution in [2.45, 2.75) is 12.8 Å². The van der Waals surface area contributed by atoms with Gasteiger partial charge in [0.2, 0.25) is 0 Å². The Labute approximate surface area is 161 Å². The Kier molecular flexibility index (Phi) is 5.15. The number of carbonyl (C=O) groups excluding carboxylic acids is 1. The number of carbonyl (C=O) groups is 1. The normalized spacial score (nSPS) is 13.4. The number of hydrogen-bond donors (Lipinski definition) is 3. The molecule has 3 aromatic rings. The van der Waals surface area contributed by atoms with E-state index in [1.165, 1.54) is 24.2 Å². The van der Waals surface area contributed by atoms with Crippen molar-refractivity contribution in [3.8, 4) is 0 Å².